The molecule has 0 fully saturated rings. The van der Waals surface area contributed by atoms with Crippen molar-refractivity contribution in [3.63, 3.8) is 0 Å². The molecule has 0 radical (unpaired) electrons. The number of hydrogen-bond acceptors (Lipinski definition) is 3. The summed E-state index contributed by atoms with van der Waals surface area (Å²) in [4.78, 5) is 0. The summed E-state index contributed by atoms with van der Waals surface area (Å²) in [6.45, 7) is 0. The van der Waals surface area contributed by atoms with Gasteiger partial charge in [0.15, 0.2) is 9.84 Å². The van der Waals surface area contributed by atoms with Gasteiger partial charge in [0.1, 0.15) is 9.36 Å². The largest absolute Gasteiger partial charge is 0.386 e. The number of hydrogen-bond donors (Lipinski definition) is 1. The Hall–Kier alpha value is -0.140. The molecule has 0 spiro atoms. The standard InChI is InChI=1S/C9H11IO3S/c1-14(12,13)9(10)8(11)7-5-3-2-4-6-7/h2-6,8-9,11H,1H3/t8-,9-/m1/s1. The lowest BCUT2D eigenvalue weighted by molar-refractivity contribution is 0.197. The first-order valence-electron chi connectivity index (χ1n) is 3.99. The van der Waals surface area contributed by atoms with Crippen molar-refractivity contribution < 1.29 is 13.5 Å². The molecular weight excluding hydrogens is 315 g/mol. The summed E-state index contributed by atoms with van der Waals surface area (Å²) in [6.07, 6.45) is 0.155. The maximum atomic E-state index is 11.2. The van der Waals surface area contributed by atoms with Crippen LogP contribution in [0.15, 0.2) is 30.3 Å². The van der Waals surface area contributed by atoms with Crippen molar-refractivity contribution in [2.45, 2.75) is 9.36 Å². The number of benzene rings is 1. The average molecular weight is 326 g/mol. The van der Waals surface area contributed by atoms with Crippen LogP contribution in [-0.4, -0.2) is 23.0 Å². The van der Waals surface area contributed by atoms with Crippen LogP contribution >= 0.6 is 22.6 Å². The predicted octanol–water partition coefficient (Wildman–Crippen LogP) is 1.53. The summed E-state index contributed by atoms with van der Waals surface area (Å²) in [6, 6.07) is 8.77. The summed E-state index contributed by atoms with van der Waals surface area (Å²) in [5.41, 5.74) is 0.623. The fourth-order valence-electron chi connectivity index (χ4n) is 1.04. The first-order chi connectivity index (χ1) is 6.43. The van der Waals surface area contributed by atoms with E-state index in [1.54, 1.807) is 46.9 Å². The highest BCUT2D eigenvalue weighted by Crippen LogP contribution is 2.26. The van der Waals surface area contributed by atoms with E-state index in [1.165, 1.54) is 0 Å². The second-order valence-corrected chi connectivity index (χ2v) is 7.39. The van der Waals surface area contributed by atoms with Gasteiger partial charge in [0.25, 0.3) is 0 Å². The van der Waals surface area contributed by atoms with E-state index in [-0.39, 0.29) is 0 Å². The van der Waals surface area contributed by atoms with Gasteiger partial charge in [-0.05, 0) is 5.56 Å². The van der Waals surface area contributed by atoms with Gasteiger partial charge in [-0.25, -0.2) is 8.42 Å². The molecule has 1 aromatic rings. The highest BCUT2D eigenvalue weighted by Gasteiger charge is 2.26. The van der Waals surface area contributed by atoms with Crippen LogP contribution in [0.25, 0.3) is 0 Å². The van der Waals surface area contributed by atoms with Gasteiger partial charge in [-0.1, -0.05) is 52.9 Å². The fraction of sp³-hybridized carbons (Fsp3) is 0.333. The summed E-state index contributed by atoms with van der Waals surface area (Å²) in [5.74, 6) is 0. The monoisotopic (exact) mass is 326 g/mol. The van der Waals surface area contributed by atoms with E-state index in [9.17, 15) is 13.5 Å². The Morgan fingerprint density at radius 1 is 1.29 bits per heavy atom. The molecule has 1 rings (SSSR count). The lowest BCUT2D eigenvalue weighted by Gasteiger charge is -2.15. The lowest BCUT2D eigenvalue weighted by Crippen LogP contribution is -2.21. The predicted molar refractivity (Wildman–Crippen MR) is 64.1 cm³/mol. The van der Waals surface area contributed by atoms with Crippen LogP contribution in [0, 0.1) is 0 Å². The molecule has 78 valence electrons. The van der Waals surface area contributed by atoms with E-state index in [0.717, 1.165) is 6.26 Å². The molecule has 1 aromatic carbocycles. The molecule has 0 heterocycles. The fourth-order valence-corrected chi connectivity index (χ4v) is 2.08. The van der Waals surface area contributed by atoms with Crippen molar-refractivity contribution in [3.05, 3.63) is 35.9 Å². The first-order valence-corrected chi connectivity index (χ1v) is 7.19. The Kier molecular flexibility index (Phi) is 3.91. The van der Waals surface area contributed by atoms with Crippen LogP contribution in [-0.2, 0) is 9.84 Å². The normalized spacial score (nSPS) is 16.2. The molecule has 0 aromatic heterocycles. The van der Waals surface area contributed by atoms with Crippen LogP contribution in [0.3, 0.4) is 0 Å². The van der Waals surface area contributed by atoms with Crippen molar-refractivity contribution in [2.75, 3.05) is 6.26 Å². The van der Waals surface area contributed by atoms with Gasteiger partial charge < -0.3 is 5.11 Å². The Morgan fingerprint density at radius 2 is 1.79 bits per heavy atom. The zero-order chi connectivity index (χ0) is 10.8. The molecular formula is C9H11IO3S. The third-order valence-corrected chi connectivity index (χ3v) is 6.33. The second kappa shape index (κ2) is 4.59. The molecule has 3 nitrogen and oxygen atoms in total. The van der Waals surface area contributed by atoms with Crippen LogP contribution in [0.1, 0.15) is 11.7 Å². The summed E-state index contributed by atoms with van der Waals surface area (Å²) in [5, 5.41) is 9.74. The van der Waals surface area contributed by atoms with Gasteiger partial charge >= 0.3 is 0 Å². The van der Waals surface area contributed by atoms with Crippen molar-refractivity contribution in [3.8, 4) is 0 Å². The Labute approximate surface area is 97.2 Å². The van der Waals surface area contributed by atoms with Crippen LogP contribution in [0.5, 0.6) is 0 Å². The zero-order valence-corrected chi connectivity index (χ0v) is 10.6. The smallest absolute Gasteiger partial charge is 0.162 e. The summed E-state index contributed by atoms with van der Waals surface area (Å²) in [7, 11) is -3.21. The zero-order valence-electron chi connectivity index (χ0n) is 7.59. The molecule has 0 aliphatic rings. The second-order valence-electron chi connectivity index (χ2n) is 3.04. The Balaban J connectivity index is 2.92. The van der Waals surface area contributed by atoms with Crippen molar-refractivity contribution in [1.82, 2.24) is 0 Å². The van der Waals surface area contributed by atoms with Gasteiger partial charge in [0, 0.05) is 6.26 Å². The number of aliphatic hydroxyl groups excluding tert-OH is 1. The molecule has 14 heavy (non-hydrogen) atoms. The molecule has 0 saturated heterocycles. The summed E-state index contributed by atoms with van der Waals surface area (Å²) >= 11 is 1.74. The minimum absolute atomic E-state index is 0.623. The van der Waals surface area contributed by atoms with Gasteiger partial charge in [0.2, 0.25) is 0 Å². The van der Waals surface area contributed by atoms with Gasteiger partial charge in [-0.15, -0.1) is 0 Å². The van der Waals surface area contributed by atoms with Crippen molar-refractivity contribution in [2.24, 2.45) is 0 Å². The summed E-state index contributed by atoms with van der Waals surface area (Å²) < 4.78 is 21.6. The molecule has 0 unspecified atom stereocenters. The number of sulfone groups is 1. The average Bonchev–Trinajstić information content (AvgIpc) is 2.15. The third-order valence-electron chi connectivity index (χ3n) is 1.80. The molecule has 0 aliphatic heterocycles. The highest BCUT2D eigenvalue weighted by atomic mass is 127. The molecule has 0 amide bonds. The van der Waals surface area contributed by atoms with E-state index in [1.807, 2.05) is 6.07 Å². The highest BCUT2D eigenvalue weighted by molar-refractivity contribution is 14.1. The van der Waals surface area contributed by atoms with Gasteiger partial charge in [0.05, 0.1) is 0 Å². The maximum absolute atomic E-state index is 11.2. The third kappa shape index (κ3) is 2.93. The number of aliphatic hydroxyl groups is 1. The molecule has 2 atom stereocenters. The Bertz CT molecular complexity index is 388. The van der Waals surface area contributed by atoms with E-state index >= 15 is 0 Å². The number of rotatable bonds is 3. The van der Waals surface area contributed by atoms with Crippen LogP contribution in [0.2, 0.25) is 0 Å². The van der Waals surface area contributed by atoms with E-state index in [4.69, 9.17) is 0 Å². The number of alkyl halides is 1. The van der Waals surface area contributed by atoms with E-state index < -0.39 is 19.2 Å². The molecule has 0 saturated carbocycles. The quantitative estimate of drug-likeness (QED) is 0.677. The Morgan fingerprint density at radius 3 is 2.21 bits per heavy atom. The van der Waals surface area contributed by atoms with Crippen LogP contribution < -0.4 is 0 Å². The minimum atomic E-state index is -3.21. The van der Waals surface area contributed by atoms with E-state index in [0.29, 0.717) is 5.56 Å². The molecule has 0 aliphatic carbocycles. The van der Waals surface area contributed by atoms with Crippen molar-refractivity contribution >= 4 is 32.4 Å². The molecule has 5 heteroatoms. The van der Waals surface area contributed by atoms with E-state index in [2.05, 4.69) is 0 Å². The SMILES string of the molecule is CS(=O)(=O)[C@@H](I)[C@H](O)c1ccccc1. The molecule has 0 bridgehead atoms. The maximum Gasteiger partial charge on any atom is 0.162 e. The molecule has 1 N–H and O–H groups in total. The topological polar surface area (TPSA) is 54.4 Å². The number of halogens is 1. The lowest BCUT2D eigenvalue weighted by atomic mass is 10.1. The van der Waals surface area contributed by atoms with Gasteiger partial charge in [-0.2, -0.15) is 0 Å². The van der Waals surface area contributed by atoms with Gasteiger partial charge in [-0.3, -0.25) is 0 Å². The minimum Gasteiger partial charge on any atom is -0.386 e. The van der Waals surface area contributed by atoms with Crippen molar-refractivity contribution in [1.29, 1.82) is 0 Å². The first kappa shape index (κ1) is 11.9. The van der Waals surface area contributed by atoms with Crippen LogP contribution in [0.4, 0.5) is 0 Å².